The fourth-order valence-electron chi connectivity index (χ4n) is 0.698. The summed E-state index contributed by atoms with van der Waals surface area (Å²) in [6.45, 7) is 0. The van der Waals surface area contributed by atoms with E-state index in [0.717, 1.165) is 23.0 Å². The highest BCUT2D eigenvalue weighted by Crippen LogP contribution is 2.28. The number of hydrogen-bond acceptors (Lipinski definition) is 2. The topological polar surface area (TPSA) is 0 Å². The second-order valence-corrected chi connectivity index (χ2v) is 24.0. The monoisotopic (exact) mass is 414 g/mol. The maximum absolute atomic E-state index is 5.76. The minimum Gasteiger partial charge on any atom is -0.161 e. The van der Waals surface area contributed by atoms with Gasteiger partial charge in [-0.05, 0) is 23.6 Å². The van der Waals surface area contributed by atoms with Crippen molar-refractivity contribution in [1.29, 1.82) is 0 Å². The molecule has 0 aliphatic carbocycles. The van der Waals surface area contributed by atoms with Crippen LogP contribution in [0.3, 0.4) is 0 Å². The zero-order valence-electron chi connectivity index (χ0n) is 8.33. The van der Waals surface area contributed by atoms with Crippen molar-refractivity contribution in [2.75, 3.05) is 23.0 Å². The third kappa shape index (κ3) is 16.9. The van der Waals surface area contributed by atoms with E-state index in [1.165, 1.54) is 0 Å². The molecule has 0 atom stereocenters. The Hall–Kier alpha value is 2.87. The van der Waals surface area contributed by atoms with Crippen LogP contribution >= 0.6 is 90.0 Å². The number of rotatable bonds is 9. The standard InChI is InChI=1S/C6H12Cl6S2Si2/c7-15(8,9)5-3-13-1-2-14-4-6-16(10,11)12/h1-6H2. The van der Waals surface area contributed by atoms with Gasteiger partial charge >= 0.3 is 12.0 Å². The Morgan fingerprint density at radius 1 is 0.562 bits per heavy atom. The number of thioether (sulfide) groups is 2. The van der Waals surface area contributed by atoms with E-state index in [1.807, 2.05) is 23.5 Å². The molecule has 0 spiro atoms. The van der Waals surface area contributed by atoms with Crippen LogP contribution in [0.4, 0.5) is 0 Å². The molecule has 0 unspecified atom stereocenters. The second-order valence-electron chi connectivity index (χ2n) is 2.96. The summed E-state index contributed by atoms with van der Waals surface area (Å²) in [7, 11) is 0. The SMILES string of the molecule is Cl[Si](Cl)(Cl)CCSCCSCC[Si](Cl)(Cl)Cl. The Bertz CT molecular complexity index is 163. The molecular weight excluding hydrogens is 405 g/mol. The first kappa shape index (κ1) is 18.9. The summed E-state index contributed by atoms with van der Waals surface area (Å²) in [5, 5.41) is 0. The molecule has 0 saturated heterocycles. The largest absolute Gasteiger partial charge is 0.342 e. The van der Waals surface area contributed by atoms with Crippen LogP contribution in [0, 0.1) is 0 Å². The Balaban J connectivity index is 3.17. The van der Waals surface area contributed by atoms with Gasteiger partial charge in [0.15, 0.2) is 0 Å². The maximum Gasteiger partial charge on any atom is 0.342 e. The van der Waals surface area contributed by atoms with Crippen LogP contribution in [-0.4, -0.2) is 35.0 Å². The average molecular weight is 417 g/mol. The molecule has 16 heavy (non-hydrogen) atoms. The lowest BCUT2D eigenvalue weighted by Crippen LogP contribution is -2.10. The summed E-state index contributed by atoms with van der Waals surface area (Å²) in [5.74, 6) is 3.95. The maximum atomic E-state index is 5.76. The van der Waals surface area contributed by atoms with Crippen molar-refractivity contribution in [3.63, 3.8) is 0 Å². The zero-order valence-corrected chi connectivity index (χ0v) is 16.5. The molecular formula is C6H12Cl6S2Si2. The lowest BCUT2D eigenvalue weighted by molar-refractivity contribution is 1.43. The molecule has 0 rings (SSSR count). The van der Waals surface area contributed by atoms with E-state index >= 15 is 0 Å². The molecule has 10 heteroatoms. The molecule has 0 saturated carbocycles. The molecule has 0 bridgehead atoms. The molecule has 0 nitrogen and oxygen atoms in total. The molecule has 0 aliphatic heterocycles. The smallest absolute Gasteiger partial charge is 0.161 e. The first-order valence-corrected chi connectivity index (χ1v) is 17.3. The highest BCUT2D eigenvalue weighted by molar-refractivity contribution is 8.03. The molecule has 0 aromatic carbocycles. The van der Waals surface area contributed by atoms with Crippen LogP contribution in [0.15, 0.2) is 0 Å². The normalized spacial score (nSPS) is 13.1. The molecule has 0 N–H and O–H groups in total. The van der Waals surface area contributed by atoms with Crippen molar-refractivity contribution in [3.05, 3.63) is 0 Å². The van der Waals surface area contributed by atoms with Crippen LogP contribution < -0.4 is 0 Å². The van der Waals surface area contributed by atoms with Gasteiger partial charge in [0.25, 0.3) is 0 Å². The molecule has 0 aromatic heterocycles. The summed E-state index contributed by atoms with van der Waals surface area (Å²) < 4.78 is 0. The van der Waals surface area contributed by atoms with E-state index in [1.54, 1.807) is 0 Å². The Kier molecular flexibility index (Phi) is 11.5. The van der Waals surface area contributed by atoms with E-state index in [2.05, 4.69) is 0 Å². The van der Waals surface area contributed by atoms with Gasteiger partial charge in [0.05, 0.1) is 0 Å². The van der Waals surface area contributed by atoms with Crippen LogP contribution in [-0.2, 0) is 0 Å². The molecule has 0 heterocycles. The zero-order chi connectivity index (χ0) is 12.7. The van der Waals surface area contributed by atoms with Crippen molar-refractivity contribution in [2.45, 2.75) is 12.1 Å². The van der Waals surface area contributed by atoms with Crippen molar-refractivity contribution in [2.24, 2.45) is 0 Å². The second kappa shape index (κ2) is 9.73. The lowest BCUT2D eigenvalue weighted by Gasteiger charge is -2.08. The van der Waals surface area contributed by atoms with Crippen LogP contribution in [0.1, 0.15) is 0 Å². The third-order valence-corrected chi connectivity index (χ3v) is 9.42. The van der Waals surface area contributed by atoms with Gasteiger partial charge in [0, 0.05) is 11.5 Å². The van der Waals surface area contributed by atoms with Crippen LogP contribution in [0.5, 0.6) is 0 Å². The van der Waals surface area contributed by atoms with Crippen molar-refractivity contribution >= 4 is 102 Å². The van der Waals surface area contributed by atoms with E-state index < -0.39 is 12.0 Å². The fourth-order valence-corrected chi connectivity index (χ4v) is 9.22. The van der Waals surface area contributed by atoms with Gasteiger partial charge in [-0.2, -0.15) is 23.5 Å². The van der Waals surface area contributed by atoms with E-state index in [-0.39, 0.29) is 0 Å². The Morgan fingerprint density at radius 2 is 0.875 bits per heavy atom. The summed E-state index contributed by atoms with van der Waals surface area (Å²) >= 11 is 38.2. The van der Waals surface area contributed by atoms with Gasteiger partial charge in [-0.15, -0.1) is 66.5 Å². The first-order chi connectivity index (χ1) is 7.21. The number of hydrogen-bond donors (Lipinski definition) is 0. The third-order valence-electron chi connectivity index (χ3n) is 1.43. The van der Waals surface area contributed by atoms with Gasteiger partial charge in [-0.3, -0.25) is 0 Å². The molecule has 0 radical (unpaired) electrons. The lowest BCUT2D eigenvalue weighted by atomic mass is 10.9. The average Bonchev–Trinajstić information content (AvgIpc) is 2.06. The molecule has 0 fully saturated rings. The van der Waals surface area contributed by atoms with Crippen LogP contribution in [0.2, 0.25) is 12.1 Å². The van der Waals surface area contributed by atoms with Crippen molar-refractivity contribution in [1.82, 2.24) is 0 Å². The molecule has 0 amide bonds. The van der Waals surface area contributed by atoms with Gasteiger partial charge < -0.3 is 0 Å². The minimum atomic E-state index is -2.42. The summed E-state index contributed by atoms with van der Waals surface area (Å²) in [4.78, 5) is 0. The summed E-state index contributed by atoms with van der Waals surface area (Å²) in [5.41, 5.74) is 0. The van der Waals surface area contributed by atoms with E-state index in [9.17, 15) is 0 Å². The predicted octanol–water partition coefficient (Wildman–Crippen LogP) is 5.76. The van der Waals surface area contributed by atoms with Gasteiger partial charge in [0.2, 0.25) is 0 Å². The fraction of sp³-hybridized carbons (Fsp3) is 1.00. The summed E-state index contributed by atoms with van der Waals surface area (Å²) in [6.07, 6.45) is 0. The van der Waals surface area contributed by atoms with Gasteiger partial charge in [-0.1, -0.05) is 0 Å². The van der Waals surface area contributed by atoms with Gasteiger partial charge in [0.1, 0.15) is 0 Å². The van der Waals surface area contributed by atoms with Gasteiger partial charge in [-0.25, -0.2) is 0 Å². The van der Waals surface area contributed by atoms with E-state index in [0.29, 0.717) is 12.1 Å². The quantitative estimate of drug-likeness (QED) is 0.266. The Morgan fingerprint density at radius 3 is 1.12 bits per heavy atom. The van der Waals surface area contributed by atoms with Crippen molar-refractivity contribution in [3.8, 4) is 0 Å². The van der Waals surface area contributed by atoms with Crippen LogP contribution in [0.25, 0.3) is 0 Å². The number of halogens is 6. The molecule has 0 aromatic rings. The highest BCUT2D eigenvalue weighted by atomic mass is 35.8. The molecule has 0 aliphatic rings. The minimum absolute atomic E-state index is 0.716. The first-order valence-electron chi connectivity index (χ1n) is 4.50. The van der Waals surface area contributed by atoms with Crippen molar-refractivity contribution < 1.29 is 0 Å². The predicted molar refractivity (Wildman–Crippen MR) is 90.9 cm³/mol. The highest BCUT2D eigenvalue weighted by Gasteiger charge is 2.24. The molecule has 98 valence electrons. The Labute approximate surface area is 136 Å². The van der Waals surface area contributed by atoms with E-state index in [4.69, 9.17) is 66.5 Å². The summed E-state index contributed by atoms with van der Waals surface area (Å²) in [6, 6.07) is -3.40.